The normalized spacial score (nSPS) is 14.0. The summed E-state index contributed by atoms with van der Waals surface area (Å²) in [5, 5.41) is 9.57. The first-order valence-electron chi connectivity index (χ1n) is 7.02. The molecule has 116 valence electrons. The minimum Gasteiger partial charge on any atom is -0.508 e. The van der Waals surface area contributed by atoms with E-state index in [1.54, 1.807) is 35.2 Å². The van der Waals surface area contributed by atoms with Crippen molar-refractivity contribution in [1.82, 2.24) is 4.90 Å². The van der Waals surface area contributed by atoms with Crippen molar-refractivity contribution in [2.24, 2.45) is 0 Å². The van der Waals surface area contributed by atoms with Gasteiger partial charge >= 0.3 is 0 Å². The largest absolute Gasteiger partial charge is 0.508 e. The molecule has 0 saturated carbocycles. The van der Waals surface area contributed by atoms with Gasteiger partial charge < -0.3 is 10.0 Å². The molecule has 1 aliphatic heterocycles. The molecule has 0 atom stereocenters. The zero-order valence-electron chi connectivity index (χ0n) is 11.9. The number of rotatable bonds is 4. The SMILES string of the molecule is O=C(CSCc1ccc(Cl)s1)N1CCc2ccc(O)cc2C1. The van der Waals surface area contributed by atoms with Gasteiger partial charge in [0, 0.05) is 23.7 Å². The summed E-state index contributed by atoms with van der Waals surface area (Å²) in [7, 11) is 0. The quantitative estimate of drug-likeness (QED) is 0.905. The van der Waals surface area contributed by atoms with E-state index in [1.165, 1.54) is 10.4 Å². The molecule has 3 rings (SSSR count). The Balaban J connectivity index is 1.53. The molecule has 0 aliphatic carbocycles. The summed E-state index contributed by atoms with van der Waals surface area (Å²) in [6.45, 7) is 1.34. The van der Waals surface area contributed by atoms with Gasteiger partial charge in [0.1, 0.15) is 5.75 Å². The molecule has 0 unspecified atom stereocenters. The second kappa shape index (κ2) is 6.94. The van der Waals surface area contributed by atoms with E-state index in [0.29, 0.717) is 12.3 Å². The molecule has 1 aromatic carbocycles. The highest BCUT2D eigenvalue weighted by atomic mass is 35.5. The van der Waals surface area contributed by atoms with Crippen molar-refractivity contribution in [3.05, 3.63) is 50.7 Å². The van der Waals surface area contributed by atoms with E-state index in [9.17, 15) is 9.90 Å². The van der Waals surface area contributed by atoms with E-state index in [1.807, 2.05) is 23.1 Å². The molecule has 1 amide bonds. The van der Waals surface area contributed by atoms with Gasteiger partial charge in [0.2, 0.25) is 5.91 Å². The zero-order valence-corrected chi connectivity index (χ0v) is 14.3. The fraction of sp³-hybridized carbons (Fsp3) is 0.312. The Bertz CT molecular complexity index is 687. The second-order valence-electron chi connectivity index (χ2n) is 5.22. The molecule has 1 aliphatic rings. The van der Waals surface area contributed by atoms with Crippen molar-refractivity contribution < 1.29 is 9.90 Å². The summed E-state index contributed by atoms with van der Waals surface area (Å²) in [5.41, 5.74) is 2.28. The number of thioether (sulfide) groups is 1. The monoisotopic (exact) mass is 353 g/mol. The topological polar surface area (TPSA) is 40.5 Å². The number of hydrogen-bond acceptors (Lipinski definition) is 4. The molecule has 1 aromatic heterocycles. The average Bonchev–Trinajstić information content (AvgIpc) is 2.92. The highest BCUT2D eigenvalue weighted by Gasteiger charge is 2.20. The molecule has 6 heteroatoms. The van der Waals surface area contributed by atoms with Crippen LogP contribution in [-0.4, -0.2) is 28.2 Å². The highest BCUT2D eigenvalue weighted by Crippen LogP contribution is 2.26. The summed E-state index contributed by atoms with van der Waals surface area (Å²) in [6, 6.07) is 9.30. The van der Waals surface area contributed by atoms with E-state index < -0.39 is 0 Å². The number of halogens is 1. The van der Waals surface area contributed by atoms with Crippen molar-refractivity contribution in [2.75, 3.05) is 12.3 Å². The number of hydrogen-bond donors (Lipinski definition) is 1. The first-order chi connectivity index (χ1) is 10.6. The number of phenolic OH excluding ortho intramolecular Hbond substituents is 1. The Morgan fingerprint density at radius 2 is 2.18 bits per heavy atom. The second-order valence-corrected chi connectivity index (χ2v) is 8.00. The predicted molar refractivity (Wildman–Crippen MR) is 92.7 cm³/mol. The lowest BCUT2D eigenvalue weighted by Crippen LogP contribution is -2.37. The Morgan fingerprint density at radius 3 is 2.95 bits per heavy atom. The van der Waals surface area contributed by atoms with Gasteiger partial charge in [0.15, 0.2) is 0 Å². The molecule has 3 nitrogen and oxygen atoms in total. The Morgan fingerprint density at radius 1 is 1.32 bits per heavy atom. The van der Waals surface area contributed by atoms with Crippen LogP contribution in [-0.2, 0) is 23.5 Å². The molecular weight excluding hydrogens is 338 g/mol. The van der Waals surface area contributed by atoms with Crippen molar-refractivity contribution in [3.8, 4) is 5.75 Å². The summed E-state index contributed by atoms with van der Waals surface area (Å²) in [6.07, 6.45) is 0.854. The van der Waals surface area contributed by atoms with E-state index in [2.05, 4.69) is 0 Å². The molecule has 1 N–H and O–H groups in total. The van der Waals surface area contributed by atoms with E-state index >= 15 is 0 Å². The standard InChI is InChI=1S/C16H16ClNO2S2/c17-15-4-3-14(22-15)9-21-10-16(20)18-6-5-11-1-2-13(19)7-12(11)8-18/h1-4,7,19H,5-6,8-10H2. The molecule has 0 radical (unpaired) electrons. The fourth-order valence-corrected chi connectivity index (χ4v) is 4.64. The fourth-order valence-electron chi connectivity index (χ4n) is 2.52. The van der Waals surface area contributed by atoms with Crippen LogP contribution in [0, 0.1) is 0 Å². The van der Waals surface area contributed by atoms with Crippen LogP contribution in [0.4, 0.5) is 0 Å². The molecule has 0 bridgehead atoms. The van der Waals surface area contributed by atoms with Crippen LogP contribution in [0.15, 0.2) is 30.3 Å². The summed E-state index contributed by atoms with van der Waals surface area (Å²) < 4.78 is 0.786. The van der Waals surface area contributed by atoms with Crippen LogP contribution >= 0.6 is 34.7 Å². The maximum atomic E-state index is 12.3. The van der Waals surface area contributed by atoms with Crippen LogP contribution in [0.1, 0.15) is 16.0 Å². The van der Waals surface area contributed by atoms with E-state index in [0.717, 1.165) is 28.6 Å². The van der Waals surface area contributed by atoms with Gasteiger partial charge in [-0.2, -0.15) is 0 Å². The van der Waals surface area contributed by atoms with Gasteiger partial charge in [-0.3, -0.25) is 4.79 Å². The molecule has 2 aromatic rings. The van der Waals surface area contributed by atoms with Gasteiger partial charge in [-0.05, 0) is 41.8 Å². The summed E-state index contributed by atoms with van der Waals surface area (Å²) in [4.78, 5) is 15.4. The maximum absolute atomic E-state index is 12.3. The van der Waals surface area contributed by atoms with Crippen molar-refractivity contribution in [3.63, 3.8) is 0 Å². The number of nitrogens with zero attached hydrogens (tertiary/aromatic N) is 1. The van der Waals surface area contributed by atoms with Crippen LogP contribution < -0.4 is 0 Å². The molecular formula is C16H16ClNO2S2. The number of fused-ring (bicyclic) bond motifs is 1. The van der Waals surface area contributed by atoms with Gasteiger partial charge in [0.25, 0.3) is 0 Å². The van der Waals surface area contributed by atoms with E-state index in [-0.39, 0.29) is 11.7 Å². The van der Waals surface area contributed by atoms with Gasteiger partial charge in [0.05, 0.1) is 10.1 Å². The Hall–Kier alpha value is -1.17. The summed E-state index contributed by atoms with van der Waals surface area (Å²) >= 11 is 9.07. The Labute approximate surface area is 142 Å². The minimum absolute atomic E-state index is 0.154. The molecule has 0 spiro atoms. The first kappa shape index (κ1) is 15.7. The number of carbonyl (C=O) groups is 1. The number of benzene rings is 1. The third kappa shape index (κ3) is 3.77. The van der Waals surface area contributed by atoms with Gasteiger partial charge in [-0.25, -0.2) is 0 Å². The lowest BCUT2D eigenvalue weighted by atomic mass is 9.99. The number of aromatic hydroxyl groups is 1. The lowest BCUT2D eigenvalue weighted by molar-refractivity contribution is -0.129. The molecule has 22 heavy (non-hydrogen) atoms. The van der Waals surface area contributed by atoms with Crippen molar-refractivity contribution in [1.29, 1.82) is 0 Å². The third-order valence-corrected chi connectivity index (χ3v) is 6.03. The average molecular weight is 354 g/mol. The maximum Gasteiger partial charge on any atom is 0.232 e. The zero-order chi connectivity index (χ0) is 15.5. The number of amides is 1. The van der Waals surface area contributed by atoms with Gasteiger partial charge in [-0.1, -0.05) is 17.7 Å². The third-order valence-electron chi connectivity index (χ3n) is 3.65. The van der Waals surface area contributed by atoms with Crippen LogP contribution in [0.3, 0.4) is 0 Å². The van der Waals surface area contributed by atoms with E-state index in [4.69, 9.17) is 11.6 Å². The lowest BCUT2D eigenvalue weighted by Gasteiger charge is -2.29. The number of carbonyl (C=O) groups excluding carboxylic acids is 1. The number of phenols is 1. The smallest absolute Gasteiger partial charge is 0.232 e. The van der Waals surface area contributed by atoms with Crippen LogP contribution in [0.2, 0.25) is 4.34 Å². The first-order valence-corrected chi connectivity index (χ1v) is 9.37. The minimum atomic E-state index is 0.154. The van der Waals surface area contributed by atoms with Crippen molar-refractivity contribution >= 4 is 40.6 Å². The Kier molecular flexibility index (Phi) is 4.96. The molecule has 0 saturated heterocycles. The molecule has 2 heterocycles. The molecule has 0 fully saturated rings. The van der Waals surface area contributed by atoms with Crippen LogP contribution in [0.25, 0.3) is 0 Å². The number of thiophene rings is 1. The van der Waals surface area contributed by atoms with Crippen molar-refractivity contribution in [2.45, 2.75) is 18.7 Å². The van der Waals surface area contributed by atoms with Crippen LogP contribution in [0.5, 0.6) is 5.75 Å². The predicted octanol–water partition coefficient (Wildman–Crippen LogP) is 3.93. The highest BCUT2D eigenvalue weighted by molar-refractivity contribution is 7.99. The summed E-state index contributed by atoms with van der Waals surface area (Å²) in [5.74, 6) is 1.71. The van der Waals surface area contributed by atoms with Gasteiger partial charge in [-0.15, -0.1) is 23.1 Å².